The number of aromatic nitrogens is 1. The van der Waals surface area contributed by atoms with E-state index in [1.54, 1.807) is 0 Å². The summed E-state index contributed by atoms with van der Waals surface area (Å²) in [6.07, 6.45) is 1.08. The van der Waals surface area contributed by atoms with E-state index >= 15 is 0 Å². The fourth-order valence-electron chi connectivity index (χ4n) is 3.45. The lowest BCUT2D eigenvalue weighted by Gasteiger charge is -2.34. The molecule has 0 radical (unpaired) electrons. The zero-order valence-electron chi connectivity index (χ0n) is 13.6. The molecule has 2 atom stereocenters. The van der Waals surface area contributed by atoms with Crippen LogP contribution < -0.4 is 0 Å². The summed E-state index contributed by atoms with van der Waals surface area (Å²) in [5.74, 6) is 1.28. The average Bonchev–Trinajstić information content (AvgIpc) is 3.32. The standard InChI is InChI=1S/C19H23N3O/c1-14-12-17(14)19(23)22-10-8-21(9-11-22)13-16-7-6-15-4-2-3-5-18(15)20-16/h2-7,14,17H,8-13H2,1H3/t14-,17-/m0/s1. The van der Waals surface area contributed by atoms with E-state index in [0.717, 1.165) is 50.4 Å². The van der Waals surface area contributed by atoms with Crippen molar-refractivity contribution in [1.29, 1.82) is 0 Å². The molecule has 1 amide bonds. The van der Waals surface area contributed by atoms with Crippen LogP contribution in [-0.2, 0) is 11.3 Å². The largest absolute Gasteiger partial charge is 0.340 e. The van der Waals surface area contributed by atoms with Crippen molar-refractivity contribution in [2.75, 3.05) is 26.2 Å². The van der Waals surface area contributed by atoms with Gasteiger partial charge in [-0.1, -0.05) is 31.2 Å². The van der Waals surface area contributed by atoms with Crippen LogP contribution >= 0.6 is 0 Å². The van der Waals surface area contributed by atoms with Crippen molar-refractivity contribution in [1.82, 2.24) is 14.8 Å². The molecule has 1 aliphatic heterocycles. The quantitative estimate of drug-likeness (QED) is 0.874. The topological polar surface area (TPSA) is 36.4 Å². The number of benzene rings is 1. The van der Waals surface area contributed by atoms with Crippen molar-refractivity contribution < 1.29 is 4.79 Å². The van der Waals surface area contributed by atoms with Crippen LogP contribution in [0.25, 0.3) is 10.9 Å². The molecule has 2 aliphatic rings. The summed E-state index contributed by atoms with van der Waals surface area (Å²) in [6, 6.07) is 12.5. The van der Waals surface area contributed by atoms with Crippen LogP contribution in [0.5, 0.6) is 0 Å². The third-order valence-corrected chi connectivity index (χ3v) is 5.15. The average molecular weight is 309 g/mol. The Balaban J connectivity index is 1.36. The number of hydrogen-bond acceptors (Lipinski definition) is 3. The zero-order valence-corrected chi connectivity index (χ0v) is 13.6. The maximum Gasteiger partial charge on any atom is 0.226 e. The van der Waals surface area contributed by atoms with Crippen molar-refractivity contribution in [2.45, 2.75) is 19.9 Å². The van der Waals surface area contributed by atoms with Gasteiger partial charge in [0.05, 0.1) is 11.2 Å². The Bertz CT molecular complexity index is 721. The maximum absolute atomic E-state index is 12.3. The number of hydrogen-bond donors (Lipinski definition) is 0. The van der Waals surface area contributed by atoms with Gasteiger partial charge in [-0.3, -0.25) is 14.7 Å². The first kappa shape index (κ1) is 14.6. The number of nitrogens with zero attached hydrogens (tertiary/aromatic N) is 3. The van der Waals surface area contributed by atoms with Crippen LogP contribution in [0.2, 0.25) is 0 Å². The molecule has 4 heteroatoms. The van der Waals surface area contributed by atoms with Crippen LogP contribution in [0.4, 0.5) is 0 Å². The van der Waals surface area contributed by atoms with E-state index in [4.69, 9.17) is 4.98 Å². The molecule has 4 rings (SSSR count). The van der Waals surface area contributed by atoms with Crippen molar-refractivity contribution >= 4 is 16.8 Å². The number of pyridine rings is 1. The third-order valence-electron chi connectivity index (χ3n) is 5.15. The second kappa shape index (κ2) is 5.93. The Kier molecular flexibility index (Phi) is 3.77. The van der Waals surface area contributed by atoms with Gasteiger partial charge in [0.2, 0.25) is 5.91 Å². The minimum Gasteiger partial charge on any atom is -0.340 e. The minimum atomic E-state index is 0.309. The zero-order chi connectivity index (χ0) is 15.8. The molecule has 1 aromatic carbocycles. The van der Waals surface area contributed by atoms with Gasteiger partial charge in [-0.15, -0.1) is 0 Å². The van der Waals surface area contributed by atoms with Gasteiger partial charge in [-0.05, 0) is 24.5 Å². The maximum atomic E-state index is 12.3. The predicted octanol–water partition coefficient (Wildman–Crippen LogP) is 2.54. The number of para-hydroxylation sites is 1. The highest BCUT2D eigenvalue weighted by molar-refractivity contribution is 5.81. The molecule has 2 fully saturated rings. The molecule has 23 heavy (non-hydrogen) atoms. The van der Waals surface area contributed by atoms with E-state index in [1.165, 1.54) is 5.39 Å². The van der Waals surface area contributed by atoms with E-state index in [0.29, 0.717) is 17.7 Å². The predicted molar refractivity (Wildman–Crippen MR) is 90.9 cm³/mol. The summed E-state index contributed by atoms with van der Waals surface area (Å²) in [5.41, 5.74) is 2.17. The molecule has 120 valence electrons. The third kappa shape index (κ3) is 3.08. The van der Waals surface area contributed by atoms with Gasteiger partial charge in [0.25, 0.3) is 0 Å². The van der Waals surface area contributed by atoms with Crippen LogP contribution in [0.1, 0.15) is 19.0 Å². The molecule has 1 aliphatic carbocycles. The highest BCUT2D eigenvalue weighted by Crippen LogP contribution is 2.39. The summed E-state index contributed by atoms with van der Waals surface area (Å²) < 4.78 is 0. The molecular weight excluding hydrogens is 286 g/mol. The van der Waals surface area contributed by atoms with Gasteiger partial charge in [0.1, 0.15) is 0 Å². The molecule has 1 saturated heterocycles. The first-order valence-corrected chi connectivity index (χ1v) is 8.56. The minimum absolute atomic E-state index is 0.309. The number of amides is 1. The lowest BCUT2D eigenvalue weighted by Crippen LogP contribution is -2.48. The molecule has 0 N–H and O–H groups in total. The summed E-state index contributed by atoms with van der Waals surface area (Å²) in [6.45, 7) is 6.64. The van der Waals surface area contributed by atoms with Crippen molar-refractivity contribution in [3.05, 3.63) is 42.1 Å². The van der Waals surface area contributed by atoms with E-state index in [2.05, 4.69) is 41.0 Å². The van der Waals surface area contributed by atoms with Crippen LogP contribution in [0.15, 0.2) is 36.4 Å². The van der Waals surface area contributed by atoms with Crippen molar-refractivity contribution in [3.8, 4) is 0 Å². The summed E-state index contributed by atoms with van der Waals surface area (Å²) >= 11 is 0. The van der Waals surface area contributed by atoms with E-state index in [-0.39, 0.29) is 0 Å². The molecule has 0 spiro atoms. The molecule has 1 aromatic heterocycles. The molecule has 4 nitrogen and oxygen atoms in total. The number of piperazine rings is 1. The van der Waals surface area contributed by atoms with Gasteiger partial charge < -0.3 is 4.90 Å². The number of carbonyl (C=O) groups excluding carboxylic acids is 1. The number of carbonyl (C=O) groups is 1. The molecule has 0 bridgehead atoms. The summed E-state index contributed by atoms with van der Waals surface area (Å²) in [7, 11) is 0. The first-order chi connectivity index (χ1) is 11.2. The lowest BCUT2D eigenvalue weighted by atomic mass is 10.2. The Morgan fingerprint density at radius 1 is 1.13 bits per heavy atom. The number of rotatable bonds is 3. The van der Waals surface area contributed by atoms with E-state index < -0.39 is 0 Å². The SMILES string of the molecule is C[C@H]1C[C@@H]1C(=O)N1CCN(Cc2ccc3ccccc3n2)CC1. The van der Waals surface area contributed by atoms with Gasteiger partial charge in [-0.25, -0.2) is 0 Å². The fraction of sp³-hybridized carbons (Fsp3) is 0.474. The molecule has 0 unspecified atom stereocenters. The highest BCUT2D eigenvalue weighted by Gasteiger charge is 2.41. The second-order valence-corrected chi connectivity index (χ2v) is 6.92. The smallest absolute Gasteiger partial charge is 0.226 e. The molecule has 2 heterocycles. The lowest BCUT2D eigenvalue weighted by molar-refractivity contribution is -0.134. The highest BCUT2D eigenvalue weighted by atomic mass is 16.2. The molecular formula is C19H23N3O. The van der Waals surface area contributed by atoms with Crippen molar-refractivity contribution in [3.63, 3.8) is 0 Å². The summed E-state index contributed by atoms with van der Waals surface area (Å²) in [4.78, 5) is 21.5. The Labute approximate surface area is 137 Å². The van der Waals surface area contributed by atoms with Gasteiger partial charge >= 0.3 is 0 Å². The van der Waals surface area contributed by atoms with Crippen molar-refractivity contribution in [2.24, 2.45) is 11.8 Å². The first-order valence-electron chi connectivity index (χ1n) is 8.56. The molecule has 1 saturated carbocycles. The monoisotopic (exact) mass is 309 g/mol. The van der Waals surface area contributed by atoms with Crippen LogP contribution in [-0.4, -0.2) is 46.9 Å². The fourth-order valence-corrected chi connectivity index (χ4v) is 3.45. The second-order valence-electron chi connectivity index (χ2n) is 6.92. The number of fused-ring (bicyclic) bond motifs is 1. The van der Waals surface area contributed by atoms with E-state index in [1.807, 2.05) is 12.1 Å². The van der Waals surface area contributed by atoms with Gasteiger partial charge in [0.15, 0.2) is 0 Å². The van der Waals surface area contributed by atoms with Gasteiger partial charge in [-0.2, -0.15) is 0 Å². The Morgan fingerprint density at radius 2 is 1.87 bits per heavy atom. The normalized spacial score (nSPS) is 24.8. The molecule has 2 aromatic rings. The Hall–Kier alpha value is -1.94. The van der Waals surface area contributed by atoms with Gasteiger partial charge in [0, 0.05) is 44.0 Å². The Morgan fingerprint density at radius 3 is 2.61 bits per heavy atom. The van der Waals surface area contributed by atoms with E-state index in [9.17, 15) is 4.79 Å². The van der Waals surface area contributed by atoms with Crippen LogP contribution in [0, 0.1) is 11.8 Å². The van der Waals surface area contributed by atoms with Crippen LogP contribution in [0.3, 0.4) is 0 Å². The summed E-state index contributed by atoms with van der Waals surface area (Å²) in [5, 5.41) is 1.19.